The zero-order chi connectivity index (χ0) is 43.8. The molecule has 0 fully saturated rings. The molecule has 64 heavy (non-hydrogen) atoms. The molecule has 2 heterocycles. The highest BCUT2D eigenvalue weighted by Crippen LogP contribution is 2.49. The molecule has 2 aromatic heterocycles. The van der Waals surface area contributed by atoms with Crippen LogP contribution in [0.2, 0.25) is 0 Å². The fraction of sp³-hybridized carbons (Fsp3) is 0.161. The Labute approximate surface area is 377 Å². The minimum Gasteiger partial charge on any atom is -0.456 e. The van der Waals surface area contributed by atoms with Crippen LogP contribution in [-0.4, -0.2) is 0 Å². The van der Waals surface area contributed by atoms with E-state index in [1.807, 2.05) is 12.1 Å². The molecule has 0 saturated heterocycles. The SMILES string of the molecule is CCCc1cccc(-c2ccc3c(c2)-c2ccccc2C3(C)C)c1.Cc1ccc(-c2ccc3oc4c(c3c2)CCC=C4)cc1.Cc1ccc(-c2ccc3oc4ccccc4c3c2)cc1. The lowest BCUT2D eigenvalue weighted by molar-refractivity contribution is 0.595. The van der Waals surface area contributed by atoms with Crippen molar-refractivity contribution in [1.82, 2.24) is 0 Å². The summed E-state index contributed by atoms with van der Waals surface area (Å²) in [6.07, 6.45) is 8.81. The summed E-state index contributed by atoms with van der Waals surface area (Å²) in [5, 5.41) is 3.62. The first-order valence-corrected chi connectivity index (χ1v) is 22.8. The summed E-state index contributed by atoms with van der Waals surface area (Å²) in [4.78, 5) is 0. The van der Waals surface area contributed by atoms with Crippen LogP contribution in [0.1, 0.15) is 72.8 Å². The Morgan fingerprint density at radius 2 is 1.05 bits per heavy atom. The van der Waals surface area contributed by atoms with E-state index in [9.17, 15) is 0 Å². The first-order valence-electron chi connectivity index (χ1n) is 22.8. The predicted molar refractivity (Wildman–Crippen MR) is 271 cm³/mol. The number of allylic oxidation sites excluding steroid dienone is 1. The van der Waals surface area contributed by atoms with Crippen molar-refractivity contribution in [2.45, 2.75) is 65.7 Å². The molecule has 0 bridgehead atoms. The first kappa shape index (κ1) is 40.9. The summed E-state index contributed by atoms with van der Waals surface area (Å²) in [5.41, 5.74) is 21.6. The molecule has 2 aliphatic carbocycles. The lowest BCUT2D eigenvalue weighted by atomic mass is 9.82. The minimum absolute atomic E-state index is 0.0918. The number of hydrogen-bond donors (Lipinski definition) is 0. The van der Waals surface area contributed by atoms with Crippen LogP contribution in [0.4, 0.5) is 0 Å². The van der Waals surface area contributed by atoms with E-state index in [0.29, 0.717) is 0 Å². The average molecular weight is 831 g/mol. The Morgan fingerprint density at radius 3 is 1.78 bits per heavy atom. The Morgan fingerprint density at radius 1 is 0.469 bits per heavy atom. The van der Waals surface area contributed by atoms with Crippen molar-refractivity contribution in [1.29, 1.82) is 0 Å². The van der Waals surface area contributed by atoms with Gasteiger partial charge in [0.05, 0.1) is 0 Å². The second kappa shape index (κ2) is 17.2. The van der Waals surface area contributed by atoms with Crippen molar-refractivity contribution in [2.24, 2.45) is 0 Å². The second-order valence-corrected chi connectivity index (χ2v) is 18.0. The average Bonchev–Trinajstić information content (AvgIpc) is 3.97. The standard InChI is InChI=1S/C24H24.C19H16O.C19H14O/c1-4-8-17-9-7-10-18(15-17)19-13-14-23-21(16-19)20-11-5-6-12-22(20)24(23,2)3;2*1-13-6-8-14(9-7-13)15-10-11-19-17(12-15)16-4-2-3-5-18(16)20-19/h5-7,9-16H,4,8H2,1-3H3;3,5-12H,2,4H2,1H3;2-12H,1H3. The Balaban J connectivity index is 0.000000114. The molecule has 10 aromatic rings. The van der Waals surface area contributed by atoms with Gasteiger partial charge in [-0.1, -0.05) is 184 Å². The largest absolute Gasteiger partial charge is 0.456 e. The van der Waals surface area contributed by atoms with Gasteiger partial charge in [0.2, 0.25) is 0 Å². The van der Waals surface area contributed by atoms with E-state index in [4.69, 9.17) is 8.83 Å². The van der Waals surface area contributed by atoms with Gasteiger partial charge in [-0.2, -0.15) is 0 Å². The maximum absolute atomic E-state index is 5.91. The quantitative estimate of drug-likeness (QED) is 0.173. The monoisotopic (exact) mass is 830 g/mol. The molecule has 0 N–H and O–H groups in total. The van der Waals surface area contributed by atoms with Gasteiger partial charge in [-0.3, -0.25) is 0 Å². The zero-order valence-electron chi connectivity index (χ0n) is 37.5. The van der Waals surface area contributed by atoms with Crippen molar-refractivity contribution in [3.8, 4) is 44.5 Å². The van der Waals surface area contributed by atoms with Gasteiger partial charge >= 0.3 is 0 Å². The van der Waals surface area contributed by atoms with Gasteiger partial charge in [-0.15, -0.1) is 0 Å². The lowest BCUT2D eigenvalue weighted by Gasteiger charge is -2.21. The number of hydrogen-bond acceptors (Lipinski definition) is 2. The third-order valence-corrected chi connectivity index (χ3v) is 13.2. The van der Waals surface area contributed by atoms with Gasteiger partial charge in [0.15, 0.2) is 0 Å². The lowest BCUT2D eigenvalue weighted by Crippen LogP contribution is -2.14. The molecule has 2 heteroatoms. The summed E-state index contributed by atoms with van der Waals surface area (Å²) in [6.45, 7) is 11.1. The molecule has 0 atom stereocenters. The fourth-order valence-electron chi connectivity index (χ4n) is 9.65. The van der Waals surface area contributed by atoms with Gasteiger partial charge in [0.1, 0.15) is 22.5 Å². The van der Waals surface area contributed by atoms with Crippen molar-refractivity contribution in [3.05, 3.63) is 221 Å². The number of aryl methyl sites for hydroxylation is 4. The van der Waals surface area contributed by atoms with Gasteiger partial charge in [-0.05, 0) is 137 Å². The number of benzene rings is 8. The number of para-hydroxylation sites is 1. The third kappa shape index (κ3) is 7.90. The molecular formula is C62H54O2. The summed E-state index contributed by atoms with van der Waals surface area (Å²) in [5.74, 6) is 1.03. The number of fused-ring (bicyclic) bond motifs is 9. The second-order valence-electron chi connectivity index (χ2n) is 18.0. The van der Waals surface area contributed by atoms with E-state index in [1.165, 1.54) is 100 Å². The van der Waals surface area contributed by atoms with Crippen LogP contribution in [0, 0.1) is 13.8 Å². The molecule has 0 saturated carbocycles. The Hall–Kier alpha value is -7.16. The van der Waals surface area contributed by atoms with Crippen LogP contribution in [0.25, 0.3) is 83.5 Å². The van der Waals surface area contributed by atoms with Gasteiger partial charge < -0.3 is 8.83 Å². The van der Waals surface area contributed by atoms with Crippen LogP contribution in [0.5, 0.6) is 0 Å². The van der Waals surface area contributed by atoms with Gasteiger partial charge in [0.25, 0.3) is 0 Å². The summed E-state index contributed by atoms with van der Waals surface area (Å²) >= 11 is 0. The number of furan rings is 2. The Bertz CT molecular complexity index is 3310. The Kier molecular flexibility index (Phi) is 11.0. The van der Waals surface area contributed by atoms with Crippen LogP contribution in [-0.2, 0) is 18.3 Å². The third-order valence-electron chi connectivity index (χ3n) is 13.2. The van der Waals surface area contributed by atoms with Crippen LogP contribution in [0.15, 0.2) is 191 Å². The summed E-state index contributed by atoms with van der Waals surface area (Å²) < 4.78 is 11.8. The summed E-state index contributed by atoms with van der Waals surface area (Å²) in [7, 11) is 0. The van der Waals surface area contributed by atoms with E-state index in [0.717, 1.165) is 41.8 Å². The maximum Gasteiger partial charge on any atom is 0.135 e. The number of rotatable bonds is 5. The molecule has 12 rings (SSSR count). The molecule has 2 nitrogen and oxygen atoms in total. The highest BCUT2D eigenvalue weighted by molar-refractivity contribution is 6.06. The van der Waals surface area contributed by atoms with Crippen LogP contribution >= 0.6 is 0 Å². The van der Waals surface area contributed by atoms with E-state index < -0.39 is 0 Å². The van der Waals surface area contributed by atoms with Crippen molar-refractivity contribution in [2.75, 3.05) is 0 Å². The summed E-state index contributed by atoms with van der Waals surface area (Å²) in [6, 6.07) is 63.2. The smallest absolute Gasteiger partial charge is 0.135 e. The van der Waals surface area contributed by atoms with Crippen molar-refractivity contribution >= 4 is 39.0 Å². The molecule has 0 spiro atoms. The molecule has 2 aliphatic rings. The van der Waals surface area contributed by atoms with Gasteiger partial charge in [0, 0.05) is 27.1 Å². The molecule has 0 radical (unpaired) electrons. The zero-order valence-corrected chi connectivity index (χ0v) is 37.5. The molecule has 0 aliphatic heterocycles. The fourth-order valence-corrected chi connectivity index (χ4v) is 9.65. The van der Waals surface area contributed by atoms with E-state index in [-0.39, 0.29) is 5.41 Å². The minimum atomic E-state index is 0.0918. The highest BCUT2D eigenvalue weighted by atomic mass is 16.3. The van der Waals surface area contributed by atoms with Crippen LogP contribution < -0.4 is 0 Å². The molecule has 0 unspecified atom stereocenters. The predicted octanol–water partition coefficient (Wildman–Crippen LogP) is 17.5. The molecule has 0 amide bonds. The topological polar surface area (TPSA) is 26.3 Å². The first-order chi connectivity index (χ1) is 31.2. The molecule has 8 aromatic carbocycles. The normalized spacial score (nSPS) is 13.1. The van der Waals surface area contributed by atoms with Crippen molar-refractivity contribution < 1.29 is 8.83 Å². The van der Waals surface area contributed by atoms with E-state index in [1.54, 1.807) is 0 Å². The van der Waals surface area contributed by atoms with Gasteiger partial charge in [-0.25, -0.2) is 0 Å². The van der Waals surface area contributed by atoms with E-state index >= 15 is 0 Å². The molecule has 314 valence electrons. The van der Waals surface area contributed by atoms with Crippen molar-refractivity contribution in [3.63, 3.8) is 0 Å². The van der Waals surface area contributed by atoms with Crippen LogP contribution in [0.3, 0.4) is 0 Å². The van der Waals surface area contributed by atoms with E-state index in [2.05, 4.69) is 211 Å². The molecular weight excluding hydrogens is 777 g/mol. The highest BCUT2D eigenvalue weighted by Gasteiger charge is 2.35. The maximum atomic E-state index is 5.91.